The molecule has 4 heterocycles. The van der Waals surface area contributed by atoms with E-state index in [4.69, 9.17) is 20.6 Å². The van der Waals surface area contributed by atoms with Gasteiger partial charge in [-0.25, -0.2) is 0 Å². The maximum Gasteiger partial charge on any atom is 0.282 e. The monoisotopic (exact) mass is 538 g/mol. The standard InChI is InChI=1S/C26H34N8O3S/c1-18-23(33(8-7-28-18)16-22(35)32-9-11-37-12-10-32)24-30-26(29-15-20-4-2-19(14-27)3-5-20)34(31-24)25(36)21-6-13-38-17-21/h2-6,13,17-18,23,28H,7-12,14-16,27H2,1H3,(H,29,30,31). The predicted octanol–water partition coefficient (Wildman–Crippen LogP) is 1.29. The fourth-order valence-electron chi connectivity index (χ4n) is 4.85. The number of amides is 1. The van der Waals surface area contributed by atoms with Gasteiger partial charge in [-0.3, -0.25) is 14.5 Å². The SMILES string of the molecule is CC1NCCN(CC(=O)N2CCOCC2)C1c1nc(NCc2ccc(CN)cc2)n(C(=O)c2ccsc2)n1. The molecular weight excluding hydrogens is 504 g/mol. The first-order valence-electron chi connectivity index (χ1n) is 12.9. The number of nitrogens with one attached hydrogen (secondary N) is 2. The molecule has 0 radical (unpaired) electrons. The molecule has 0 aliphatic carbocycles. The summed E-state index contributed by atoms with van der Waals surface area (Å²) in [7, 11) is 0. The van der Waals surface area contributed by atoms with Gasteiger partial charge < -0.3 is 26.0 Å². The highest BCUT2D eigenvalue weighted by molar-refractivity contribution is 7.08. The number of ether oxygens (including phenoxy) is 1. The van der Waals surface area contributed by atoms with Crippen molar-refractivity contribution in [1.29, 1.82) is 0 Å². The topological polar surface area (TPSA) is 131 Å². The predicted molar refractivity (Wildman–Crippen MR) is 145 cm³/mol. The van der Waals surface area contributed by atoms with Crippen molar-refractivity contribution >= 4 is 29.1 Å². The minimum absolute atomic E-state index is 0.00926. The lowest BCUT2D eigenvalue weighted by molar-refractivity contribution is -0.137. The summed E-state index contributed by atoms with van der Waals surface area (Å²) in [4.78, 5) is 35.2. The van der Waals surface area contributed by atoms with Crippen molar-refractivity contribution in [3.8, 4) is 0 Å². The fourth-order valence-corrected chi connectivity index (χ4v) is 5.48. The molecule has 12 heteroatoms. The maximum absolute atomic E-state index is 13.4. The van der Waals surface area contributed by atoms with Crippen LogP contribution in [0.5, 0.6) is 0 Å². The van der Waals surface area contributed by atoms with Gasteiger partial charge in [-0.05, 0) is 29.5 Å². The normalized spacial score (nSPS) is 20.4. The van der Waals surface area contributed by atoms with Gasteiger partial charge in [0, 0.05) is 50.7 Å². The van der Waals surface area contributed by atoms with Crippen molar-refractivity contribution in [2.24, 2.45) is 5.73 Å². The van der Waals surface area contributed by atoms with Gasteiger partial charge in [-0.1, -0.05) is 24.3 Å². The number of anilines is 1. The fraction of sp³-hybridized carbons (Fsp3) is 0.462. The van der Waals surface area contributed by atoms with E-state index in [2.05, 4.69) is 22.5 Å². The zero-order valence-corrected chi connectivity index (χ0v) is 22.3. The molecule has 38 heavy (non-hydrogen) atoms. The summed E-state index contributed by atoms with van der Waals surface area (Å²) in [5.74, 6) is 0.694. The second-order valence-corrected chi connectivity index (χ2v) is 10.3. The number of thiophene rings is 1. The molecule has 11 nitrogen and oxygen atoms in total. The Hall–Kier alpha value is -3.16. The molecule has 5 rings (SSSR count). The van der Waals surface area contributed by atoms with Crippen molar-refractivity contribution in [2.45, 2.75) is 32.1 Å². The number of aromatic nitrogens is 3. The van der Waals surface area contributed by atoms with Crippen LogP contribution in [0.4, 0.5) is 5.95 Å². The first-order valence-corrected chi connectivity index (χ1v) is 13.9. The lowest BCUT2D eigenvalue weighted by Crippen LogP contribution is -2.55. The molecule has 2 saturated heterocycles. The summed E-state index contributed by atoms with van der Waals surface area (Å²) in [6, 6.07) is 9.49. The van der Waals surface area contributed by atoms with E-state index in [1.165, 1.54) is 16.0 Å². The Bertz CT molecular complexity index is 1220. The zero-order valence-electron chi connectivity index (χ0n) is 21.5. The summed E-state index contributed by atoms with van der Waals surface area (Å²) in [5.41, 5.74) is 8.36. The molecule has 1 aromatic carbocycles. The van der Waals surface area contributed by atoms with Crippen molar-refractivity contribution in [3.05, 3.63) is 63.6 Å². The molecule has 3 aromatic rings. The highest BCUT2D eigenvalue weighted by Crippen LogP contribution is 2.26. The highest BCUT2D eigenvalue weighted by Gasteiger charge is 2.36. The number of nitrogens with two attached hydrogens (primary N) is 1. The highest BCUT2D eigenvalue weighted by atomic mass is 32.1. The summed E-state index contributed by atoms with van der Waals surface area (Å²) < 4.78 is 6.74. The number of morpholine rings is 1. The summed E-state index contributed by atoms with van der Waals surface area (Å²) in [6.07, 6.45) is 0. The minimum atomic E-state index is -0.269. The largest absolute Gasteiger partial charge is 0.378 e. The van der Waals surface area contributed by atoms with Gasteiger partial charge in [-0.15, -0.1) is 5.10 Å². The van der Waals surface area contributed by atoms with Gasteiger partial charge in [-0.2, -0.15) is 21.0 Å². The van der Waals surface area contributed by atoms with Gasteiger partial charge in [0.15, 0.2) is 5.82 Å². The van der Waals surface area contributed by atoms with E-state index in [0.29, 0.717) is 63.3 Å². The maximum atomic E-state index is 13.4. The third-order valence-corrected chi connectivity index (χ3v) is 7.68. The quantitative estimate of drug-likeness (QED) is 0.388. The van der Waals surface area contributed by atoms with E-state index in [0.717, 1.165) is 17.7 Å². The van der Waals surface area contributed by atoms with Crippen LogP contribution in [0.2, 0.25) is 0 Å². The van der Waals surface area contributed by atoms with Gasteiger partial charge in [0.25, 0.3) is 5.91 Å². The van der Waals surface area contributed by atoms with Crippen LogP contribution in [0.25, 0.3) is 0 Å². The van der Waals surface area contributed by atoms with Gasteiger partial charge >= 0.3 is 0 Å². The lowest BCUT2D eigenvalue weighted by atomic mass is 10.0. The third-order valence-electron chi connectivity index (χ3n) is 6.99. The van der Waals surface area contributed by atoms with E-state index in [9.17, 15) is 9.59 Å². The smallest absolute Gasteiger partial charge is 0.282 e. The van der Waals surface area contributed by atoms with Crippen LogP contribution in [0.1, 0.15) is 40.3 Å². The van der Waals surface area contributed by atoms with Crippen LogP contribution in [-0.2, 0) is 22.6 Å². The first kappa shape index (κ1) is 26.4. The number of piperazine rings is 1. The van der Waals surface area contributed by atoms with Crippen LogP contribution in [0, 0.1) is 0 Å². The second-order valence-electron chi connectivity index (χ2n) is 9.55. The molecule has 0 saturated carbocycles. The Morgan fingerprint density at radius 3 is 2.63 bits per heavy atom. The van der Waals surface area contributed by atoms with Gasteiger partial charge in [0.1, 0.15) is 0 Å². The number of carbonyl (C=O) groups is 2. The Morgan fingerprint density at radius 1 is 1.16 bits per heavy atom. The molecule has 2 fully saturated rings. The molecular formula is C26H34N8O3S. The van der Waals surface area contributed by atoms with Crippen molar-refractivity contribution in [1.82, 2.24) is 29.9 Å². The van der Waals surface area contributed by atoms with Gasteiger partial charge in [0.2, 0.25) is 11.9 Å². The van der Waals surface area contributed by atoms with E-state index in [1.807, 2.05) is 34.5 Å². The average Bonchev–Trinajstić information content (AvgIpc) is 3.63. The van der Waals surface area contributed by atoms with Crippen LogP contribution in [0.3, 0.4) is 0 Å². The minimum Gasteiger partial charge on any atom is -0.378 e. The Balaban J connectivity index is 1.40. The average molecular weight is 539 g/mol. The van der Waals surface area contributed by atoms with Crippen LogP contribution in [-0.4, -0.2) is 88.4 Å². The summed E-state index contributed by atoms with van der Waals surface area (Å²) >= 11 is 1.46. The van der Waals surface area contributed by atoms with E-state index in [1.54, 1.807) is 11.4 Å². The molecule has 2 aromatic heterocycles. The number of carbonyl (C=O) groups excluding carboxylic acids is 2. The number of hydrogen-bond donors (Lipinski definition) is 3. The van der Waals surface area contributed by atoms with Crippen LogP contribution < -0.4 is 16.4 Å². The molecule has 4 N–H and O–H groups in total. The Labute approximate surface area is 226 Å². The zero-order chi connectivity index (χ0) is 26.5. The molecule has 2 aliphatic rings. The van der Waals surface area contributed by atoms with Crippen LogP contribution >= 0.6 is 11.3 Å². The van der Waals surface area contributed by atoms with Crippen molar-refractivity contribution in [2.75, 3.05) is 51.3 Å². The van der Waals surface area contributed by atoms with E-state index in [-0.39, 0.29) is 30.4 Å². The molecule has 0 bridgehead atoms. The molecule has 2 atom stereocenters. The molecule has 202 valence electrons. The number of nitrogens with zero attached hydrogens (tertiary/aromatic N) is 5. The third kappa shape index (κ3) is 5.94. The first-order chi connectivity index (χ1) is 18.5. The lowest BCUT2D eigenvalue weighted by Gasteiger charge is -2.39. The van der Waals surface area contributed by atoms with Crippen molar-refractivity contribution in [3.63, 3.8) is 0 Å². The molecule has 2 unspecified atom stereocenters. The number of benzene rings is 1. The van der Waals surface area contributed by atoms with E-state index < -0.39 is 0 Å². The Kier molecular flexibility index (Phi) is 8.45. The summed E-state index contributed by atoms with van der Waals surface area (Å²) in [5, 5.41) is 15.2. The van der Waals surface area contributed by atoms with Crippen LogP contribution in [0.15, 0.2) is 41.1 Å². The molecule has 1 amide bonds. The molecule has 0 spiro atoms. The Morgan fingerprint density at radius 2 is 1.92 bits per heavy atom. The van der Waals surface area contributed by atoms with Gasteiger partial charge in [0.05, 0.1) is 31.4 Å². The number of hydrogen-bond acceptors (Lipinski definition) is 10. The van der Waals surface area contributed by atoms with Crippen molar-refractivity contribution < 1.29 is 14.3 Å². The second kappa shape index (κ2) is 12.1. The number of rotatable bonds is 8. The van der Waals surface area contributed by atoms with E-state index >= 15 is 0 Å². The summed E-state index contributed by atoms with van der Waals surface area (Å²) in [6.45, 7) is 7.04. The molecule has 2 aliphatic heterocycles.